The molecule has 0 aromatic heterocycles. The minimum atomic E-state index is -1.10. The van der Waals surface area contributed by atoms with Crippen LogP contribution in [0, 0.1) is 41.4 Å². The molecule has 24 nitrogen and oxygen atoms in total. The van der Waals surface area contributed by atoms with Gasteiger partial charge in [-0.1, -0.05) is 125 Å². The van der Waals surface area contributed by atoms with Crippen molar-refractivity contribution in [2.45, 2.75) is 202 Å². The van der Waals surface area contributed by atoms with Gasteiger partial charge in [-0.15, -0.1) is 0 Å². The van der Waals surface area contributed by atoms with E-state index in [1.807, 2.05) is 90.6 Å². The number of nitrogens with two attached hydrogens (primary N) is 1. The Hall–Kier alpha value is -7.73. The molecule has 11 amide bonds. The number of nitrogens with one attached hydrogen (secondary N) is 5. The first-order valence-electron chi connectivity index (χ1n) is 33.0. The number of carbonyl (C=O) groups is 11. The number of ether oxygens (including phenoxy) is 2. The van der Waals surface area contributed by atoms with Crippen LogP contribution in [0.3, 0.4) is 0 Å². The van der Waals surface area contributed by atoms with Crippen LogP contribution in [0.1, 0.15) is 164 Å². The number of Topliss-reactive ketones (excluding diaryl/α,β-unsaturated/α-hetero) is 1. The molecule has 2 aromatic carbocycles. The highest BCUT2D eigenvalue weighted by atomic mass is 16.6. The number of hydrogen-bond acceptors (Lipinski definition) is 14. The summed E-state index contributed by atoms with van der Waals surface area (Å²) in [6, 6.07) is 10.4. The number of unbranched alkanes of at least 4 members (excludes halogenated alkanes) is 2. The third-order valence-electron chi connectivity index (χ3n) is 18.3. The number of aliphatic hydroxyl groups is 1. The van der Waals surface area contributed by atoms with Gasteiger partial charge >= 0.3 is 12.1 Å². The van der Waals surface area contributed by atoms with E-state index in [1.165, 1.54) is 31.2 Å². The molecule has 2 aliphatic heterocycles. The molecule has 516 valence electrons. The van der Waals surface area contributed by atoms with E-state index in [1.54, 1.807) is 57.0 Å². The molecule has 4 rings (SSSR count). The smallest absolute Gasteiger partial charge is 0.410 e. The van der Waals surface area contributed by atoms with Crippen molar-refractivity contribution in [3.05, 3.63) is 77.9 Å². The number of urea groups is 1. The van der Waals surface area contributed by atoms with E-state index in [4.69, 9.17) is 15.2 Å². The summed E-state index contributed by atoms with van der Waals surface area (Å²) in [6.45, 7) is 21.1. The lowest BCUT2D eigenvalue weighted by molar-refractivity contribution is -0.148. The fourth-order valence-electron chi connectivity index (χ4n) is 12.3. The van der Waals surface area contributed by atoms with Gasteiger partial charge in [0.1, 0.15) is 18.7 Å². The Kier molecular flexibility index (Phi) is 31.6. The maximum atomic E-state index is 14.9. The molecular weight excluding hydrogens is 1190 g/mol. The number of primary amides is 1. The van der Waals surface area contributed by atoms with Crippen LogP contribution in [0.5, 0.6) is 0 Å². The van der Waals surface area contributed by atoms with Crippen molar-refractivity contribution >= 4 is 70.9 Å². The van der Waals surface area contributed by atoms with Gasteiger partial charge in [0.15, 0.2) is 5.78 Å². The van der Waals surface area contributed by atoms with Crippen molar-refractivity contribution in [1.82, 2.24) is 40.9 Å². The second-order valence-corrected chi connectivity index (χ2v) is 26.2. The summed E-state index contributed by atoms with van der Waals surface area (Å²) < 4.78 is 11.8. The number of benzene rings is 2. The third-order valence-corrected chi connectivity index (χ3v) is 18.3. The van der Waals surface area contributed by atoms with Crippen molar-refractivity contribution in [3.8, 4) is 0 Å². The number of anilines is 1. The molecular formula is C69H106N10O14. The van der Waals surface area contributed by atoms with Crippen LogP contribution in [-0.2, 0) is 59.2 Å². The molecule has 0 radical (unpaired) electrons. The summed E-state index contributed by atoms with van der Waals surface area (Å²) in [5.74, 6) is -5.94. The predicted octanol–water partition coefficient (Wildman–Crippen LogP) is 6.79. The molecule has 8 N–H and O–H groups in total. The first kappa shape index (κ1) is 77.7. The lowest BCUT2D eigenvalue weighted by Crippen LogP contribution is -2.54. The standard InChI is InChI=1S/C69H106N10O14/c1-15-44(8)62(55(92-14)39-59(84)78-37-23-27-53(78)45(9)46(10)64(86)72-47(11)63(85)49-24-18-16-19-25-49)76(12)67(89)51(41(2)3)38-54(80)61(43(6)7)77(13)69(91)93-40-48-29-31-50(32-30-48)73-65(87)52(26-22-35-71-68(70)90)74-66(88)60(42(4)5)75-56(81)28-20-17-21-36-79-57(82)33-34-58(79)83/h16,18-19,24-25,29-34,41-47,51-53,55,60-63,85H,15,17,20-23,26-28,35-40H2,1-14H3,(H,72,86)(H,73,87)(H,74,88)(H,75,81)(H3,70,71,90)/t44-,45+,46+,47+,51-,52-,53-,55+,60-,61-,62-,63+/m0/s1. The number of carbonyl (C=O) groups excluding carboxylic acids is 11. The summed E-state index contributed by atoms with van der Waals surface area (Å²) >= 11 is 0. The number of likely N-dealkylation sites (tertiary alicyclic amines) is 1. The van der Waals surface area contributed by atoms with Gasteiger partial charge in [-0.05, 0) is 98.3 Å². The van der Waals surface area contributed by atoms with E-state index in [9.17, 15) is 57.8 Å². The minimum absolute atomic E-state index is 0.0201. The van der Waals surface area contributed by atoms with Crippen LogP contribution in [0.15, 0.2) is 66.7 Å². The minimum Gasteiger partial charge on any atom is -0.445 e. The molecule has 2 aliphatic rings. The van der Waals surface area contributed by atoms with E-state index >= 15 is 0 Å². The van der Waals surface area contributed by atoms with E-state index in [2.05, 4.69) is 26.6 Å². The molecule has 0 unspecified atom stereocenters. The number of amides is 11. The summed E-state index contributed by atoms with van der Waals surface area (Å²) in [6.07, 6.45) is 3.94. The van der Waals surface area contributed by atoms with Gasteiger partial charge in [0.05, 0.1) is 36.8 Å². The zero-order chi connectivity index (χ0) is 69.4. The maximum Gasteiger partial charge on any atom is 0.410 e. The third kappa shape index (κ3) is 23.1. The highest BCUT2D eigenvalue weighted by Crippen LogP contribution is 2.33. The number of likely N-dealkylation sites (N-methyl/N-ethyl adjacent to an activating group) is 2. The first-order valence-corrected chi connectivity index (χ1v) is 33.0. The normalized spacial score (nSPS) is 17.5. The number of rotatable bonds is 38. The summed E-state index contributed by atoms with van der Waals surface area (Å²) in [4.78, 5) is 153. The van der Waals surface area contributed by atoms with Crippen LogP contribution in [0.4, 0.5) is 15.3 Å². The zero-order valence-corrected chi connectivity index (χ0v) is 57.2. The van der Waals surface area contributed by atoms with Gasteiger partial charge in [-0.2, -0.15) is 0 Å². The van der Waals surface area contributed by atoms with Crippen molar-refractivity contribution in [2.75, 3.05) is 46.2 Å². The SMILES string of the molecule is CC[C@H](C)[C@@H]([C@@H](CC(=O)N1CCC[C@H]1[C@H](C)[C@@H](C)C(=O)N[C@H](C)[C@@H](O)c1ccccc1)OC)N(C)C(=O)[C@@H](CC(=O)[C@H](C(C)C)N(C)C(=O)OCc1ccc(NC(=O)[C@H](CCCNC(N)=O)NC(=O)[C@@H](NC(=O)CCCCCN2C(=O)C=CC2=O)C(C)C)cc1)C(C)C. The molecule has 1 fully saturated rings. The summed E-state index contributed by atoms with van der Waals surface area (Å²) in [5.41, 5.74) is 6.84. The second kappa shape index (κ2) is 37.8. The van der Waals surface area contributed by atoms with E-state index in [-0.39, 0.29) is 129 Å². The van der Waals surface area contributed by atoms with Crippen LogP contribution in [-0.4, -0.2) is 173 Å². The number of ketones is 1. The average molecular weight is 1300 g/mol. The quantitative estimate of drug-likeness (QED) is 0.0269. The van der Waals surface area contributed by atoms with Gasteiger partial charge in [0, 0.05) is 89.4 Å². The fraction of sp³-hybridized carbons (Fsp3) is 0.638. The predicted molar refractivity (Wildman–Crippen MR) is 353 cm³/mol. The Bertz CT molecular complexity index is 2850. The first-order chi connectivity index (χ1) is 43.9. The second-order valence-electron chi connectivity index (χ2n) is 26.2. The topological polar surface area (TPSA) is 326 Å². The van der Waals surface area contributed by atoms with Gasteiger partial charge in [-0.25, -0.2) is 9.59 Å². The number of methoxy groups -OCH3 is 1. The van der Waals surface area contributed by atoms with Gasteiger partial charge in [0.2, 0.25) is 35.4 Å². The largest absolute Gasteiger partial charge is 0.445 e. The Morgan fingerprint density at radius 3 is 1.97 bits per heavy atom. The number of aliphatic hydroxyl groups excluding tert-OH is 1. The lowest BCUT2D eigenvalue weighted by Gasteiger charge is -2.41. The Morgan fingerprint density at radius 2 is 1.39 bits per heavy atom. The number of nitrogens with zero attached hydrogens (tertiary/aromatic N) is 4. The van der Waals surface area contributed by atoms with Crippen LogP contribution in [0.25, 0.3) is 0 Å². The molecule has 12 atom stereocenters. The molecule has 0 aliphatic carbocycles. The molecule has 93 heavy (non-hydrogen) atoms. The molecule has 0 spiro atoms. The molecule has 0 bridgehead atoms. The zero-order valence-electron chi connectivity index (χ0n) is 57.2. The monoisotopic (exact) mass is 1300 g/mol. The van der Waals surface area contributed by atoms with E-state index in [0.717, 1.165) is 11.3 Å². The van der Waals surface area contributed by atoms with Gasteiger partial charge < -0.3 is 61.6 Å². The van der Waals surface area contributed by atoms with Crippen molar-refractivity contribution in [1.29, 1.82) is 0 Å². The Labute approximate surface area is 550 Å². The molecule has 1 saturated heterocycles. The Morgan fingerprint density at radius 1 is 0.742 bits per heavy atom. The van der Waals surface area contributed by atoms with E-state index in [0.29, 0.717) is 55.5 Å². The van der Waals surface area contributed by atoms with E-state index < -0.39 is 78.2 Å². The molecule has 0 saturated carbocycles. The number of hydrogen-bond donors (Lipinski definition) is 7. The number of imide groups is 1. The summed E-state index contributed by atoms with van der Waals surface area (Å²) in [7, 11) is 4.70. The Balaban J connectivity index is 1.36. The molecule has 2 heterocycles. The van der Waals surface area contributed by atoms with Gasteiger partial charge in [-0.3, -0.25) is 48.1 Å². The highest BCUT2D eigenvalue weighted by molar-refractivity contribution is 6.12. The van der Waals surface area contributed by atoms with Crippen molar-refractivity contribution in [2.24, 2.45) is 47.2 Å². The average Bonchev–Trinajstić information content (AvgIpc) is 1.79. The van der Waals surface area contributed by atoms with Crippen LogP contribution >= 0.6 is 0 Å². The maximum absolute atomic E-state index is 14.9. The molecule has 2 aromatic rings. The summed E-state index contributed by atoms with van der Waals surface area (Å²) in [5, 5.41) is 24.7. The van der Waals surface area contributed by atoms with Gasteiger partial charge in [0.25, 0.3) is 11.8 Å². The fourth-order valence-corrected chi connectivity index (χ4v) is 12.3. The molecule has 24 heteroatoms. The van der Waals surface area contributed by atoms with Crippen molar-refractivity contribution < 1.29 is 67.3 Å². The van der Waals surface area contributed by atoms with Crippen molar-refractivity contribution in [3.63, 3.8) is 0 Å². The highest BCUT2D eigenvalue weighted by Gasteiger charge is 2.43. The van der Waals surface area contributed by atoms with Crippen LogP contribution in [0.2, 0.25) is 0 Å². The lowest BCUT2D eigenvalue weighted by atomic mass is 9.83. The van der Waals surface area contributed by atoms with Crippen LogP contribution < -0.4 is 32.3 Å².